The Morgan fingerprint density at radius 1 is 1.12 bits per heavy atom. The van der Waals surface area contributed by atoms with Gasteiger partial charge in [0.2, 0.25) is 5.88 Å². The van der Waals surface area contributed by atoms with Crippen LogP contribution in [0.1, 0.15) is 11.4 Å². The van der Waals surface area contributed by atoms with Crippen LogP contribution in [0, 0.1) is 17.4 Å². The fourth-order valence-corrected chi connectivity index (χ4v) is 1.70. The Morgan fingerprint density at radius 3 is 2.41 bits per heavy atom. The fraction of sp³-hybridized carbons (Fsp3) is 0.167. The van der Waals surface area contributed by atoms with Crippen LogP contribution in [-0.4, -0.2) is 9.97 Å². The number of nitrogens with two attached hydrogens (primary N) is 1. The molecule has 17 heavy (non-hydrogen) atoms. The zero-order valence-electron chi connectivity index (χ0n) is 9.57. The number of halogens is 1. The molecule has 0 saturated carbocycles. The number of nitrogen functional groups attached to an aromatic ring is 1. The molecule has 4 nitrogen and oxygen atoms in total. The number of anilines is 1. The fourth-order valence-electron chi connectivity index (χ4n) is 1.34. The highest BCUT2D eigenvalue weighted by atomic mass is 127. The number of hydrogen-bond acceptors (Lipinski definition) is 4. The van der Waals surface area contributed by atoms with E-state index in [0.717, 1.165) is 14.9 Å². The minimum absolute atomic E-state index is 0.456. The minimum Gasteiger partial charge on any atom is -0.439 e. The molecule has 2 N–H and O–H groups in total. The monoisotopic (exact) mass is 341 g/mol. The lowest BCUT2D eigenvalue weighted by atomic mass is 10.3. The first-order chi connectivity index (χ1) is 8.06. The maximum Gasteiger partial charge on any atom is 0.227 e. The summed E-state index contributed by atoms with van der Waals surface area (Å²) in [6.07, 6.45) is 0. The highest BCUT2D eigenvalue weighted by Gasteiger charge is 2.08. The Kier molecular flexibility index (Phi) is 3.46. The maximum atomic E-state index is 5.77. The third kappa shape index (κ3) is 2.85. The van der Waals surface area contributed by atoms with E-state index in [1.807, 2.05) is 31.2 Å². The summed E-state index contributed by atoms with van der Waals surface area (Å²) in [6, 6.07) is 7.74. The van der Waals surface area contributed by atoms with Crippen molar-refractivity contribution < 1.29 is 4.74 Å². The molecule has 0 fully saturated rings. The Morgan fingerprint density at radius 2 is 1.76 bits per heavy atom. The number of nitrogens with zero attached hydrogens (tertiary/aromatic N) is 2. The first-order valence-corrected chi connectivity index (χ1v) is 6.18. The van der Waals surface area contributed by atoms with Gasteiger partial charge in [0.15, 0.2) is 0 Å². The molecule has 0 aliphatic heterocycles. The molecule has 88 valence electrons. The largest absolute Gasteiger partial charge is 0.439 e. The van der Waals surface area contributed by atoms with Crippen molar-refractivity contribution >= 4 is 28.4 Å². The molecule has 0 atom stereocenters. The van der Waals surface area contributed by atoms with E-state index < -0.39 is 0 Å². The normalized spacial score (nSPS) is 10.3. The molecule has 1 heterocycles. The number of ether oxygens (including phenoxy) is 1. The second-order valence-electron chi connectivity index (χ2n) is 3.64. The highest BCUT2D eigenvalue weighted by molar-refractivity contribution is 14.1. The quantitative estimate of drug-likeness (QED) is 0.853. The van der Waals surface area contributed by atoms with Crippen LogP contribution in [0.2, 0.25) is 0 Å². The van der Waals surface area contributed by atoms with Gasteiger partial charge in [-0.2, -0.15) is 4.98 Å². The van der Waals surface area contributed by atoms with Crippen molar-refractivity contribution in [1.82, 2.24) is 9.97 Å². The third-order valence-electron chi connectivity index (χ3n) is 2.28. The Hall–Kier alpha value is -1.37. The van der Waals surface area contributed by atoms with Gasteiger partial charge in [0, 0.05) is 3.57 Å². The van der Waals surface area contributed by atoms with Crippen molar-refractivity contribution in [3.8, 4) is 11.6 Å². The molecule has 0 amide bonds. The Balaban J connectivity index is 2.32. The van der Waals surface area contributed by atoms with E-state index in [0.29, 0.717) is 17.5 Å². The van der Waals surface area contributed by atoms with Crippen LogP contribution in [0.3, 0.4) is 0 Å². The molecule has 2 rings (SSSR count). The van der Waals surface area contributed by atoms with Gasteiger partial charge in [-0.05, 0) is 60.7 Å². The van der Waals surface area contributed by atoms with Crippen LogP contribution in [-0.2, 0) is 0 Å². The molecule has 0 aliphatic carbocycles. The molecule has 5 heteroatoms. The van der Waals surface area contributed by atoms with Gasteiger partial charge in [0.05, 0.1) is 5.56 Å². The summed E-state index contributed by atoms with van der Waals surface area (Å²) in [4.78, 5) is 8.31. The lowest BCUT2D eigenvalue weighted by Gasteiger charge is -2.09. The first-order valence-electron chi connectivity index (χ1n) is 5.10. The highest BCUT2D eigenvalue weighted by Crippen LogP contribution is 2.25. The summed E-state index contributed by atoms with van der Waals surface area (Å²) in [5, 5.41) is 0. The molecule has 0 spiro atoms. The van der Waals surface area contributed by atoms with Gasteiger partial charge in [-0.25, -0.2) is 4.98 Å². The van der Waals surface area contributed by atoms with E-state index in [4.69, 9.17) is 10.5 Å². The zero-order valence-corrected chi connectivity index (χ0v) is 11.7. The predicted octanol–water partition coefficient (Wildman–Crippen LogP) is 3.07. The number of benzene rings is 1. The van der Waals surface area contributed by atoms with Crippen LogP contribution < -0.4 is 10.5 Å². The van der Waals surface area contributed by atoms with Gasteiger partial charge in [-0.1, -0.05) is 0 Å². The second-order valence-corrected chi connectivity index (χ2v) is 4.89. The van der Waals surface area contributed by atoms with Gasteiger partial charge >= 0.3 is 0 Å². The van der Waals surface area contributed by atoms with Gasteiger partial charge in [0.1, 0.15) is 17.4 Å². The summed E-state index contributed by atoms with van der Waals surface area (Å²) >= 11 is 2.24. The number of aryl methyl sites for hydroxylation is 1. The van der Waals surface area contributed by atoms with Crippen LogP contribution in [0.25, 0.3) is 0 Å². The van der Waals surface area contributed by atoms with E-state index in [1.165, 1.54) is 0 Å². The van der Waals surface area contributed by atoms with E-state index in [1.54, 1.807) is 6.92 Å². The second kappa shape index (κ2) is 4.87. The molecular weight excluding hydrogens is 329 g/mol. The van der Waals surface area contributed by atoms with Gasteiger partial charge < -0.3 is 10.5 Å². The standard InChI is InChI=1S/C12H12IN3O/c1-7-11(14)15-8(2)16-12(7)17-10-5-3-9(13)4-6-10/h3-6H,1-2H3,(H2,14,15,16). The van der Waals surface area contributed by atoms with Crippen molar-refractivity contribution in [2.45, 2.75) is 13.8 Å². The topological polar surface area (TPSA) is 61.0 Å². The number of hydrogen-bond donors (Lipinski definition) is 1. The molecule has 0 bridgehead atoms. The van der Waals surface area contributed by atoms with Crippen molar-refractivity contribution in [3.05, 3.63) is 39.2 Å². The van der Waals surface area contributed by atoms with Crippen molar-refractivity contribution in [1.29, 1.82) is 0 Å². The first kappa shape index (κ1) is 12.1. The van der Waals surface area contributed by atoms with Gasteiger partial charge in [-0.3, -0.25) is 0 Å². The number of rotatable bonds is 2. The van der Waals surface area contributed by atoms with Crippen molar-refractivity contribution in [3.63, 3.8) is 0 Å². The molecule has 0 unspecified atom stereocenters. The summed E-state index contributed by atoms with van der Waals surface area (Å²) in [6.45, 7) is 3.63. The van der Waals surface area contributed by atoms with Crippen LogP contribution >= 0.6 is 22.6 Å². The zero-order chi connectivity index (χ0) is 12.4. The number of aromatic nitrogens is 2. The maximum absolute atomic E-state index is 5.77. The van der Waals surface area contributed by atoms with E-state index in [9.17, 15) is 0 Å². The average molecular weight is 341 g/mol. The average Bonchev–Trinajstić information content (AvgIpc) is 2.28. The smallest absolute Gasteiger partial charge is 0.227 e. The molecule has 0 radical (unpaired) electrons. The predicted molar refractivity (Wildman–Crippen MR) is 75.2 cm³/mol. The van der Waals surface area contributed by atoms with Gasteiger partial charge in [0.25, 0.3) is 0 Å². The third-order valence-corrected chi connectivity index (χ3v) is 3.00. The summed E-state index contributed by atoms with van der Waals surface area (Å²) in [5.41, 5.74) is 6.53. The lowest BCUT2D eigenvalue weighted by Crippen LogP contribution is -2.02. The van der Waals surface area contributed by atoms with Crippen LogP contribution in [0.4, 0.5) is 5.82 Å². The SMILES string of the molecule is Cc1nc(N)c(C)c(Oc2ccc(I)cc2)n1. The molecular formula is C12H12IN3O. The lowest BCUT2D eigenvalue weighted by molar-refractivity contribution is 0.456. The summed E-state index contributed by atoms with van der Waals surface area (Å²) < 4.78 is 6.85. The van der Waals surface area contributed by atoms with Crippen molar-refractivity contribution in [2.75, 3.05) is 5.73 Å². The van der Waals surface area contributed by atoms with Gasteiger partial charge in [-0.15, -0.1) is 0 Å². The molecule has 2 aromatic rings. The summed E-state index contributed by atoms with van der Waals surface area (Å²) in [7, 11) is 0. The Bertz CT molecular complexity index is 540. The van der Waals surface area contributed by atoms with E-state index in [-0.39, 0.29) is 0 Å². The van der Waals surface area contributed by atoms with E-state index in [2.05, 4.69) is 32.6 Å². The Labute approximate surface area is 113 Å². The summed E-state index contributed by atoms with van der Waals surface area (Å²) in [5.74, 6) is 2.31. The minimum atomic E-state index is 0.456. The van der Waals surface area contributed by atoms with Crippen LogP contribution in [0.5, 0.6) is 11.6 Å². The molecule has 0 saturated heterocycles. The van der Waals surface area contributed by atoms with Crippen molar-refractivity contribution in [2.24, 2.45) is 0 Å². The molecule has 0 aliphatic rings. The molecule has 1 aromatic carbocycles. The van der Waals surface area contributed by atoms with Crippen LogP contribution in [0.15, 0.2) is 24.3 Å². The van der Waals surface area contributed by atoms with E-state index >= 15 is 0 Å². The molecule has 1 aromatic heterocycles.